The van der Waals surface area contributed by atoms with Gasteiger partial charge in [0.2, 0.25) is 0 Å². The zero-order valence-corrected chi connectivity index (χ0v) is 9.47. The maximum absolute atomic E-state index is 5.65. The van der Waals surface area contributed by atoms with Crippen molar-refractivity contribution in [3.05, 3.63) is 0 Å². The van der Waals surface area contributed by atoms with Crippen LogP contribution in [0.15, 0.2) is 0 Å². The fourth-order valence-corrected chi connectivity index (χ4v) is 1.43. The molecule has 0 heterocycles. The van der Waals surface area contributed by atoms with Crippen LogP contribution in [0.2, 0.25) is 0 Å². The second kappa shape index (κ2) is 8.52. The summed E-state index contributed by atoms with van der Waals surface area (Å²) in [5.74, 6) is 0.649. The van der Waals surface area contributed by atoms with E-state index in [-0.39, 0.29) is 0 Å². The molecular formula is C11H26N2. The molecule has 0 fully saturated rings. The maximum atomic E-state index is 5.65. The molecule has 0 aliphatic heterocycles. The van der Waals surface area contributed by atoms with E-state index in [1.54, 1.807) is 0 Å². The SMILES string of the molecule is CCCCCCNC(CN)C(C)C. The molecule has 80 valence electrons. The Labute approximate surface area is 83.3 Å². The van der Waals surface area contributed by atoms with Gasteiger partial charge in [-0.15, -0.1) is 0 Å². The average Bonchev–Trinajstić information content (AvgIpc) is 2.10. The summed E-state index contributed by atoms with van der Waals surface area (Å²) in [7, 11) is 0. The van der Waals surface area contributed by atoms with Crippen molar-refractivity contribution >= 4 is 0 Å². The van der Waals surface area contributed by atoms with Crippen molar-refractivity contribution in [2.75, 3.05) is 13.1 Å². The van der Waals surface area contributed by atoms with Gasteiger partial charge in [-0.2, -0.15) is 0 Å². The van der Waals surface area contributed by atoms with Gasteiger partial charge in [-0.1, -0.05) is 40.0 Å². The Balaban J connectivity index is 3.28. The molecule has 1 atom stereocenters. The lowest BCUT2D eigenvalue weighted by atomic mass is 10.0. The van der Waals surface area contributed by atoms with Gasteiger partial charge < -0.3 is 11.1 Å². The maximum Gasteiger partial charge on any atom is 0.0213 e. The highest BCUT2D eigenvalue weighted by atomic mass is 14.9. The molecule has 2 heteroatoms. The first-order valence-electron chi connectivity index (χ1n) is 5.65. The van der Waals surface area contributed by atoms with Gasteiger partial charge in [0.15, 0.2) is 0 Å². The molecule has 0 aromatic carbocycles. The molecule has 0 saturated carbocycles. The fraction of sp³-hybridized carbons (Fsp3) is 1.00. The van der Waals surface area contributed by atoms with Crippen LogP contribution in [0.4, 0.5) is 0 Å². The van der Waals surface area contributed by atoms with E-state index in [2.05, 4.69) is 26.1 Å². The largest absolute Gasteiger partial charge is 0.329 e. The quantitative estimate of drug-likeness (QED) is 0.570. The van der Waals surface area contributed by atoms with E-state index < -0.39 is 0 Å². The predicted octanol–water partition coefficient (Wildman–Crippen LogP) is 2.14. The Bertz CT molecular complexity index is 102. The van der Waals surface area contributed by atoms with E-state index in [0.29, 0.717) is 12.0 Å². The molecule has 0 aliphatic carbocycles. The summed E-state index contributed by atoms with van der Waals surface area (Å²) in [5, 5.41) is 3.50. The number of hydrogen-bond acceptors (Lipinski definition) is 2. The van der Waals surface area contributed by atoms with Crippen molar-refractivity contribution in [3.63, 3.8) is 0 Å². The summed E-state index contributed by atoms with van der Waals surface area (Å²) in [6.07, 6.45) is 5.30. The Hall–Kier alpha value is -0.0800. The zero-order chi connectivity index (χ0) is 10.1. The molecule has 0 spiro atoms. The van der Waals surface area contributed by atoms with Gasteiger partial charge in [0.1, 0.15) is 0 Å². The number of nitrogens with two attached hydrogens (primary N) is 1. The predicted molar refractivity (Wildman–Crippen MR) is 59.8 cm³/mol. The van der Waals surface area contributed by atoms with E-state index >= 15 is 0 Å². The van der Waals surface area contributed by atoms with E-state index in [9.17, 15) is 0 Å². The van der Waals surface area contributed by atoms with Crippen LogP contribution in [0.3, 0.4) is 0 Å². The summed E-state index contributed by atoms with van der Waals surface area (Å²) < 4.78 is 0. The molecule has 2 nitrogen and oxygen atoms in total. The molecule has 0 aromatic rings. The number of hydrogen-bond donors (Lipinski definition) is 2. The summed E-state index contributed by atoms with van der Waals surface area (Å²) in [4.78, 5) is 0. The van der Waals surface area contributed by atoms with Gasteiger partial charge in [0.25, 0.3) is 0 Å². The molecule has 13 heavy (non-hydrogen) atoms. The van der Waals surface area contributed by atoms with E-state index in [4.69, 9.17) is 5.73 Å². The van der Waals surface area contributed by atoms with Gasteiger partial charge in [-0.05, 0) is 18.9 Å². The van der Waals surface area contributed by atoms with Gasteiger partial charge >= 0.3 is 0 Å². The van der Waals surface area contributed by atoms with Crippen LogP contribution in [0.5, 0.6) is 0 Å². The normalized spacial score (nSPS) is 13.6. The van der Waals surface area contributed by atoms with Gasteiger partial charge in [0, 0.05) is 12.6 Å². The van der Waals surface area contributed by atoms with E-state index in [1.807, 2.05) is 0 Å². The smallest absolute Gasteiger partial charge is 0.0213 e. The molecule has 3 N–H and O–H groups in total. The summed E-state index contributed by atoms with van der Waals surface area (Å²) in [5.41, 5.74) is 5.65. The lowest BCUT2D eigenvalue weighted by Gasteiger charge is -2.20. The average molecular weight is 186 g/mol. The number of nitrogens with one attached hydrogen (secondary N) is 1. The van der Waals surface area contributed by atoms with Crippen LogP contribution in [0.25, 0.3) is 0 Å². The second-order valence-electron chi connectivity index (χ2n) is 4.10. The molecule has 0 radical (unpaired) electrons. The molecule has 0 aromatic heterocycles. The van der Waals surface area contributed by atoms with Crippen molar-refractivity contribution in [2.24, 2.45) is 11.7 Å². The molecule has 0 aliphatic rings. The summed E-state index contributed by atoms with van der Waals surface area (Å²) in [6, 6.07) is 0.502. The van der Waals surface area contributed by atoms with Crippen LogP contribution in [0.1, 0.15) is 46.5 Å². The first-order valence-corrected chi connectivity index (χ1v) is 5.65. The third-order valence-electron chi connectivity index (χ3n) is 2.50. The summed E-state index contributed by atoms with van der Waals surface area (Å²) >= 11 is 0. The lowest BCUT2D eigenvalue weighted by molar-refractivity contribution is 0.400. The minimum atomic E-state index is 0.502. The van der Waals surface area contributed by atoms with E-state index in [0.717, 1.165) is 13.1 Å². The highest BCUT2D eigenvalue weighted by Gasteiger charge is 2.08. The lowest BCUT2D eigenvalue weighted by Crippen LogP contribution is -2.40. The molecule has 0 amide bonds. The monoisotopic (exact) mass is 186 g/mol. The van der Waals surface area contributed by atoms with Crippen molar-refractivity contribution in [2.45, 2.75) is 52.5 Å². The second-order valence-corrected chi connectivity index (χ2v) is 4.10. The Kier molecular flexibility index (Phi) is 8.46. The van der Waals surface area contributed by atoms with Crippen molar-refractivity contribution in [1.82, 2.24) is 5.32 Å². The highest BCUT2D eigenvalue weighted by Crippen LogP contribution is 2.01. The zero-order valence-electron chi connectivity index (χ0n) is 9.47. The van der Waals surface area contributed by atoms with Gasteiger partial charge in [-0.25, -0.2) is 0 Å². The third kappa shape index (κ3) is 7.03. The topological polar surface area (TPSA) is 38.0 Å². The van der Waals surface area contributed by atoms with Crippen LogP contribution < -0.4 is 11.1 Å². The first-order chi connectivity index (χ1) is 6.22. The molecule has 1 unspecified atom stereocenters. The summed E-state index contributed by atoms with van der Waals surface area (Å²) in [6.45, 7) is 8.56. The first kappa shape index (κ1) is 12.9. The highest BCUT2D eigenvalue weighted by molar-refractivity contribution is 4.70. The fourth-order valence-electron chi connectivity index (χ4n) is 1.43. The van der Waals surface area contributed by atoms with Gasteiger partial charge in [0.05, 0.1) is 0 Å². The van der Waals surface area contributed by atoms with Crippen LogP contribution >= 0.6 is 0 Å². The Morgan fingerprint density at radius 1 is 1.15 bits per heavy atom. The van der Waals surface area contributed by atoms with Crippen molar-refractivity contribution < 1.29 is 0 Å². The van der Waals surface area contributed by atoms with Crippen LogP contribution in [0, 0.1) is 5.92 Å². The molecule has 0 saturated heterocycles. The van der Waals surface area contributed by atoms with Crippen molar-refractivity contribution in [3.8, 4) is 0 Å². The van der Waals surface area contributed by atoms with Crippen LogP contribution in [-0.4, -0.2) is 19.1 Å². The number of unbranched alkanes of at least 4 members (excludes halogenated alkanes) is 3. The van der Waals surface area contributed by atoms with Crippen LogP contribution in [-0.2, 0) is 0 Å². The molecule has 0 rings (SSSR count). The minimum Gasteiger partial charge on any atom is -0.329 e. The minimum absolute atomic E-state index is 0.502. The van der Waals surface area contributed by atoms with E-state index in [1.165, 1.54) is 25.7 Å². The Morgan fingerprint density at radius 2 is 1.85 bits per heavy atom. The van der Waals surface area contributed by atoms with Crippen molar-refractivity contribution in [1.29, 1.82) is 0 Å². The molecular weight excluding hydrogens is 160 g/mol. The van der Waals surface area contributed by atoms with Gasteiger partial charge in [-0.3, -0.25) is 0 Å². The standard InChI is InChI=1S/C11H26N2/c1-4-5-6-7-8-13-11(9-12)10(2)3/h10-11,13H,4-9,12H2,1-3H3. The molecule has 0 bridgehead atoms. The Morgan fingerprint density at radius 3 is 2.31 bits per heavy atom. The number of rotatable bonds is 8. The third-order valence-corrected chi connectivity index (χ3v) is 2.50.